The highest BCUT2D eigenvalue weighted by Crippen LogP contribution is 2.46. The number of benzene rings is 2. The monoisotopic (exact) mass is 578 g/mol. The van der Waals surface area contributed by atoms with E-state index in [4.69, 9.17) is 4.74 Å². The molecule has 1 saturated heterocycles. The highest BCUT2D eigenvalue weighted by molar-refractivity contribution is 9.10. The van der Waals surface area contributed by atoms with E-state index in [2.05, 4.69) is 49.3 Å². The van der Waals surface area contributed by atoms with Gasteiger partial charge in [-0.1, -0.05) is 40.6 Å². The number of fused-ring (bicyclic) bond motifs is 1. The first-order valence-corrected chi connectivity index (χ1v) is 14.1. The molecule has 8 heteroatoms. The molecule has 0 unspecified atom stereocenters. The Hall–Kier alpha value is -2.94. The Kier molecular flexibility index (Phi) is 8.02. The minimum atomic E-state index is -0.830. The van der Waals surface area contributed by atoms with E-state index in [9.17, 15) is 9.59 Å². The molecule has 2 heterocycles. The van der Waals surface area contributed by atoms with E-state index in [0.717, 1.165) is 58.2 Å². The zero-order chi connectivity index (χ0) is 26.7. The van der Waals surface area contributed by atoms with Crippen molar-refractivity contribution in [1.82, 2.24) is 21.3 Å². The van der Waals surface area contributed by atoms with Gasteiger partial charge in [-0.15, -0.1) is 0 Å². The molecule has 2 aliphatic heterocycles. The predicted octanol–water partition coefficient (Wildman–Crippen LogP) is 4.23. The summed E-state index contributed by atoms with van der Waals surface area (Å²) in [6.45, 7) is 3.59. The molecule has 38 heavy (non-hydrogen) atoms. The quantitative estimate of drug-likeness (QED) is 0.374. The van der Waals surface area contributed by atoms with E-state index < -0.39 is 5.41 Å². The van der Waals surface area contributed by atoms with Gasteiger partial charge in [-0.25, -0.2) is 0 Å². The van der Waals surface area contributed by atoms with E-state index >= 15 is 0 Å². The molecule has 0 radical (unpaired) electrons. The number of allylic oxidation sites excluding steroid dienone is 4. The number of ether oxygens (including phenoxy) is 1. The fraction of sp³-hybridized carbons (Fsp3) is 0.400. The number of carbonyl (C=O) groups excluding carboxylic acids is 2. The zero-order valence-corrected chi connectivity index (χ0v) is 23.5. The molecule has 2 atom stereocenters. The van der Waals surface area contributed by atoms with Crippen molar-refractivity contribution in [1.29, 1.82) is 0 Å². The molecular formula is C30H35BrN4O3. The Morgan fingerprint density at radius 1 is 1.21 bits per heavy atom. The lowest BCUT2D eigenvalue weighted by atomic mass is 9.66. The molecule has 200 valence electrons. The van der Waals surface area contributed by atoms with Crippen LogP contribution in [-0.2, 0) is 16.0 Å². The third kappa shape index (κ3) is 5.30. The third-order valence-corrected chi connectivity index (χ3v) is 8.40. The van der Waals surface area contributed by atoms with Gasteiger partial charge in [0.05, 0.1) is 30.0 Å². The van der Waals surface area contributed by atoms with E-state index in [-0.39, 0.29) is 17.7 Å². The number of halogens is 1. The van der Waals surface area contributed by atoms with Crippen LogP contribution >= 0.6 is 15.9 Å². The van der Waals surface area contributed by atoms with Crippen molar-refractivity contribution in [3.05, 3.63) is 76.2 Å². The Morgan fingerprint density at radius 3 is 2.79 bits per heavy atom. The Labute approximate surface area is 232 Å². The predicted molar refractivity (Wildman–Crippen MR) is 154 cm³/mol. The molecule has 0 bridgehead atoms. The zero-order valence-electron chi connectivity index (χ0n) is 21.9. The van der Waals surface area contributed by atoms with Crippen molar-refractivity contribution >= 4 is 38.4 Å². The number of ketones is 1. The van der Waals surface area contributed by atoms with Crippen LogP contribution in [0.25, 0.3) is 10.8 Å². The average molecular weight is 580 g/mol. The van der Waals surface area contributed by atoms with Crippen LogP contribution in [0.4, 0.5) is 0 Å². The van der Waals surface area contributed by atoms with E-state index in [1.165, 1.54) is 0 Å². The van der Waals surface area contributed by atoms with Gasteiger partial charge in [0.1, 0.15) is 11.5 Å². The van der Waals surface area contributed by atoms with Crippen molar-refractivity contribution in [3.8, 4) is 5.75 Å². The number of rotatable bonds is 8. The summed E-state index contributed by atoms with van der Waals surface area (Å²) in [4.78, 5) is 27.2. The van der Waals surface area contributed by atoms with Crippen LogP contribution in [0.2, 0.25) is 0 Å². The van der Waals surface area contributed by atoms with Crippen LogP contribution in [0, 0.1) is 5.41 Å². The molecule has 5 rings (SSSR count). The fourth-order valence-electron chi connectivity index (χ4n) is 5.73. The van der Waals surface area contributed by atoms with Gasteiger partial charge in [0, 0.05) is 41.8 Å². The molecule has 7 nitrogen and oxygen atoms in total. The van der Waals surface area contributed by atoms with Crippen LogP contribution < -0.4 is 26.0 Å². The van der Waals surface area contributed by atoms with Gasteiger partial charge in [-0.2, -0.15) is 0 Å². The summed E-state index contributed by atoms with van der Waals surface area (Å²) in [5, 5.41) is 15.3. The highest BCUT2D eigenvalue weighted by Gasteiger charge is 2.45. The van der Waals surface area contributed by atoms with Gasteiger partial charge < -0.3 is 26.0 Å². The summed E-state index contributed by atoms with van der Waals surface area (Å²) in [7, 11) is 1.67. The Morgan fingerprint density at radius 2 is 2.05 bits per heavy atom. The first-order chi connectivity index (χ1) is 18.4. The number of amides is 1. The molecule has 1 amide bonds. The van der Waals surface area contributed by atoms with Crippen LogP contribution in [0.3, 0.4) is 0 Å². The Balaban J connectivity index is 1.58. The highest BCUT2D eigenvalue weighted by atomic mass is 79.9. The van der Waals surface area contributed by atoms with Crippen LogP contribution in [0.15, 0.2) is 70.6 Å². The lowest BCUT2D eigenvalue weighted by Gasteiger charge is -2.39. The second-order valence-electron chi connectivity index (χ2n) is 10.4. The molecular weight excluding hydrogens is 544 g/mol. The van der Waals surface area contributed by atoms with Crippen LogP contribution in [0.5, 0.6) is 5.75 Å². The number of hydrogen-bond acceptors (Lipinski definition) is 6. The minimum absolute atomic E-state index is 0.122. The van der Waals surface area contributed by atoms with E-state index in [1.807, 2.05) is 49.6 Å². The van der Waals surface area contributed by atoms with Crippen molar-refractivity contribution in [2.45, 2.75) is 51.1 Å². The molecule has 0 aromatic heterocycles. The molecule has 3 aliphatic rings. The minimum Gasteiger partial charge on any atom is -0.496 e. The van der Waals surface area contributed by atoms with Gasteiger partial charge in [-0.05, 0) is 67.3 Å². The van der Waals surface area contributed by atoms with Gasteiger partial charge in [0.15, 0.2) is 0 Å². The molecule has 0 spiro atoms. The summed E-state index contributed by atoms with van der Waals surface area (Å²) >= 11 is 3.58. The van der Waals surface area contributed by atoms with Gasteiger partial charge in [0.25, 0.3) is 0 Å². The second kappa shape index (κ2) is 11.4. The number of methoxy groups -OCH3 is 1. The molecule has 1 aliphatic carbocycles. The first kappa shape index (κ1) is 26.7. The lowest BCUT2D eigenvalue weighted by molar-refractivity contribution is -0.129. The number of carbonyl (C=O) groups is 2. The van der Waals surface area contributed by atoms with Crippen molar-refractivity contribution in [2.24, 2.45) is 5.41 Å². The summed E-state index contributed by atoms with van der Waals surface area (Å²) in [6.07, 6.45) is 11.0. The first-order valence-electron chi connectivity index (χ1n) is 13.3. The summed E-state index contributed by atoms with van der Waals surface area (Å²) in [6, 6.07) is 10.1. The van der Waals surface area contributed by atoms with Gasteiger partial charge in [0.2, 0.25) is 5.91 Å². The summed E-state index contributed by atoms with van der Waals surface area (Å²) in [5.74, 6) is 0.823. The molecule has 1 saturated carbocycles. The number of hydrogen-bond donors (Lipinski definition) is 4. The van der Waals surface area contributed by atoms with Crippen LogP contribution in [-0.4, -0.2) is 44.0 Å². The standard InChI is InChI=1S/C30H35BrN4O3/c1-19(34-22-17-32-18-22)29(37)35-25-7-4-6-14-33-28(25)30(13-5-3-8-27(30)36)16-24-23-11-10-21(31)15-20(23)9-12-26(24)38-2/h4,6-7,9-12,14-15,19,22,32-34H,3,5,8,13,16-18H2,1-2H3,(H,35,37)/t19-,30-/m0/s1. The molecule has 4 N–H and O–H groups in total. The van der Waals surface area contributed by atoms with Crippen LogP contribution in [0.1, 0.15) is 38.2 Å². The average Bonchev–Trinajstić information content (AvgIpc) is 3.13. The smallest absolute Gasteiger partial charge is 0.241 e. The van der Waals surface area contributed by atoms with Crippen molar-refractivity contribution < 1.29 is 14.3 Å². The van der Waals surface area contributed by atoms with E-state index in [1.54, 1.807) is 7.11 Å². The Bertz CT molecular complexity index is 1330. The fourth-order valence-corrected chi connectivity index (χ4v) is 6.11. The normalized spacial score (nSPS) is 22.6. The van der Waals surface area contributed by atoms with Gasteiger partial charge in [-0.3, -0.25) is 9.59 Å². The van der Waals surface area contributed by atoms with Crippen molar-refractivity contribution in [2.75, 3.05) is 20.2 Å². The molecule has 2 fully saturated rings. The maximum Gasteiger partial charge on any atom is 0.241 e. The molecule has 2 aromatic carbocycles. The maximum atomic E-state index is 14.0. The van der Waals surface area contributed by atoms with Crippen molar-refractivity contribution in [3.63, 3.8) is 0 Å². The van der Waals surface area contributed by atoms with Gasteiger partial charge >= 0.3 is 0 Å². The van der Waals surface area contributed by atoms with E-state index in [0.29, 0.717) is 31.0 Å². The molecule has 2 aromatic rings. The third-order valence-electron chi connectivity index (χ3n) is 7.90. The maximum absolute atomic E-state index is 14.0. The summed E-state index contributed by atoms with van der Waals surface area (Å²) in [5.41, 5.74) is 1.55. The topological polar surface area (TPSA) is 91.5 Å². The lowest BCUT2D eigenvalue weighted by Crippen LogP contribution is -2.60. The number of Topliss-reactive ketones (excluding diaryl/α,β-unsaturated/α-hetero) is 1. The largest absolute Gasteiger partial charge is 0.496 e. The summed E-state index contributed by atoms with van der Waals surface area (Å²) < 4.78 is 6.82. The second-order valence-corrected chi connectivity index (χ2v) is 11.3. The SMILES string of the molecule is COc1ccc2cc(Br)ccc2c1C[C@@]1(C2=C(NC(=O)[C@H](C)NC3CNC3)C=CC=CN2)CCCCC1=O. The number of nitrogens with one attached hydrogen (secondary N) is 4.